The lowest BCUT2D eigenvalue weighted by atomic mass is 9.70. The van der Waals surface area contributed by atoms with E-state index in [2.05, 4.69) is 74.5 Å². The van der Waals surface area contributed by atoms with Crippen molar-refractivity contribution in [2.75, 3.05) is 0 Å². The fraction of sp³-hybridized carbons (Fsp3) is 0.562. The van der Waals surface area contributed by atoms with E-state index in [4.69, 9.17) is 0 Å². The van der Waals surface area contributed by atoms with Gasteiger partial charge in [-0.2, -0.15) is 0 Å². The van der Waals surface area contributed by atoms with E-state index in [0.717, 1.165) is 23.7 Å². The molecular formula is C32H44. The van der Waals surface area contributed by atoms with Crippen LogP contribution in [0.4, 0.5) is 0 Å². The van der Waals surface area contributed by atoms with Gasteiger partial charge in [0.25, 0.3) is 0 Å². The molecule has 0 heterocycles. The molecule has 1 saturated carbocycles. The fourth-order valence-electron chi connectivity index (χ4n) is 6.17. The highest BCUT2D eigenvalue weighted by molar-refractivity contribution is 5.64. The molecule has 0 aliphatic heterocycles. The maximum atomic E-state index is 2.62. The minimum atomic E-state index is 0.765. The summed E-state index contributed by atoms with van der Waals surface area (Å²) in [5, 5.41) is 0. The van der Waals surface area contributed by atoms with Gasteiger partial charge in [0, 0.05) is 0 Å². The van der Waals surface area contributed by atoms with Crippen LogP contribution in [0.2, 0.25) is 0 Å². The van der Waals surface area contributed by atoms with E-state index in [1.54, 1.807) is 5.56 Å². The third-order valence-electron chi connectivity index (χ3n) is 8.27. The molecule has 0 amide bonds. The second-order valence-electron chi connectivity index (χ2n) is 10.6. The zero-order valence-corrected chi connectivity index (χ0v) is 20.6. The first-order chi connectivity index (χ1) is 15.8. The van der Waals surface area contributed by atoms with Crippen molar-refractivity contribution < 1.29 is 0 Å². The summed E-state index contributed by atoms with van der Waals surface area (Å²) in [5.41, 5.74) is 5.71. The molecule has 0 aromatic heterocycles. The second kappa shape index (κ2) is 11.9. The average molecular weight is 429 g/mol. The van der Waals surface area contributed by atoms with Crippen molar-refractivity contribution in [2.45, 2.75) is 96.8 Å². The highest BCUT2D eigenvalue weighted by Gasteiger charge is 2.28. The maximum Gasteiger partial charge on any atom is -0.0162 e. The number of aryl methyl sites for hydroxylation is 1. The zero-order chi connectivity index (χ0) is 22.2. The summed E-state index contributed by atoms with van der Waals surface area (Å²) >= 11 is 0. The van der Waals surface area contributed by atoms with Crippen LogP contribution in [0.5, 0.6) is 0 Å². The van der Waals surface area contributed by atoms with E-state index in [1.807, 2.05) is 0 Å². The maximum absolute atomic E-state index is 2.62. The fourth-order valence-corrected chi connectivity index (χ4v) is 6.17. The molecule has 172 valence electrons. The summed E-state index contributed by atoms with van der Waals surface area (Å²) in [6, 6.07) is 18.7. The Labute approximate surface area is 197 Å². The Morgan fingerprint density at radius 1 is 0.656 bits per heavy atom. The monoisotopic (exact) mass is 428 g/mol. The van der Waals surface area contributed by atoms with Gasteiger partial charge in [0.1, 0.15) is 0 Å². The molecule has 0 heteroatoms. The molecule has 2 aliphatic carbocycles. The van der Waals surface area contributed by atoms with Crippen LogP contribution in [0.1, 0.15) is 102 Å². The van der Waals surface area contributed by atoms with E-state index in [1.165, 1.54) is 93.7 Å². The molecule has 0 bridgehead atoms. The zero-order valence-electron chi connectivity index (χ0n) is 20.6. The van der Waals surface area contributed by atoms with Crippen LogP contribution in [-0.2, 0) is 6.42 Å². The van der Waals surface area contributed by atoms with Crippen molar-refractivity contribution in [3.8, 4) is 11.1 Å². The Kier molecular flexibility index (Phi) is 8.66. The molecule has 2 unspecified atom stereocenters. The third-order valence-corrected chi connectivity index (χ3v) is 8.27. The van der Waals surface area contributed by atoms with Crippen molar-refractivity contribution in [3.05, 3.63) is 71.8 Å². The largest absolute Gasteiger partial charge is 0.0851 e. The molecule has 2 atom stereocenters. The van der Waals surface area contributed by atoms with E-state index < -0.39 is 0 Å². The molecule has 2 aromatic rings. The van der Waals surface area contributed by atoms with Crippen molar-refractivity contribution in [1.29, 1.82) is 0 Å². The quantitative estimate of drug-likeness (QED) is 0.275. The van der Waals surface area contributed by atoms with Gasteiger partial charge in [0.15, 0.2) is 0 Å². The van der Waals surface area contributed by atoms with Gasteiger partial charge < -0.3 is 0 Å². The molecule has 0 radical (unpaired) electrons. The summed E-state index contributed by atoms with van der Waals surface area (Å²) in [5.74, 6) is 3.42. The standard InChI is InChI=1S/C32H44/c1-3-5-6-8-26-11-15-28(16-12-26)30-19-23-32(24-20-30)31-21-17-29(18-22-31)27-13-9-25(7-4-2)10-14-27/h9-11,13-15,17-18,21-22,26,28,30,32H,3-8,12,16,19-20,23-24H2,1-2H3. The molecular weight excluding hydrogens is 384 g/mol. The van der Waals surface area contributed by atoms with Crippen LogP contribution in [0, 0.1) is 17.8 Å². The highest BCUT2D eigenvalue weighted by atomic mass is 14.3. The van der Waals surface area contributed by atoms with Crippen molar-refractivity contribution >= 4 is 0 Å². The van der Waals surface area contributed by atoms with E-state index >= 15 is 0 Å². The minimum Gasteiger partial charge on any atom is -0.0851 e. The van der Waals surface area contributed by atoms with Crippen LogP contribution in [0.25, 0.3) is 11.1 Å². The lowest BCUT2D eigenvalue weighted by Crippen LogP contribution is -2.22. The Morgan fingerprint density at radius 3 is 1.94 bits per heavy atom. The molecule has 2 aromatic carbocycles. The van der Waals surface area contributed by atoms with Crippen LogP contribution in [0.15, 0.2) is 60.7 Å². The van der Waals surface area contributed by atoms with E-state index in [-0.39, 0.29) is 0 Å². The Hall–Kier alpha value is -1.82. The molecule has 0 spiro atoms. The minimum absolute atomic E-state index is 0.765. The molecule has 4 rings (SSSR count). The first kappa shape index (κ1) is 23.3. The predicted octanol–water partition coefficient (Wildman–Crippen LogP) is 9.74. The number of allylic oxidation sites excluding steroid dienone is 2. The Balaban J connectivity index is 1.27. The predicted molar refractivity (Wildman–Crippen MR) is 140 cm³/mol. The number of hydrogen-bond acceptors (Lipinski definition) is 0. The van der Waals surface area contributed by atoms with Gasteiger partial charge >= 0.3 is 0 Å². The first-order valence-electron chi connectivity index (χ1n) is 13.6. The summed E-state index contributed by atoms with van der Waals surface area (Å²) in [7, 11) is 0. The summed E-state index contributed by atoms with van der Waals surface area (Å²) in [4.78, 5) is 0. The molecule has 32 heavy (non-hydrogen) atoms. The van der Waals surface area contributed by atoms with Gasteiger partial charge in [-0.15, -0.1) is 0 Å². The highest BCUT2D eigenvalue weighted by Crippen LogP contribution is 2.42. The molecule has 0 N–H and O–H groups in total. The van der Waals surface area contributed by atoms with E-state index in [0.29, 0.717) is 0 Å². The lowest BCUT2D eigenvalue weighted by molar-refractivity contribution is 0.239. The number of rotatable bonds is 9. The summed E-state index contributed by atoms with van der Waals surface area (Å²) in [6.07, 6.45) is 21.6. The molecule has 2 aliphatic rings. The topological polar surface area (TPSA) is 0 Å². The molecule has 0 nitrogen and oxygen atoms in total. The van der Waals surface area contributed by atoms with Crippen LogP contribution in [0.3, 0.4) is 0 Å². The second-order valence-corrected chi connectivity index (χ2v) is 10.6. The van der Waals surface area contributed by atoms with Crippen LogP contribution >= 0.6 is 0 Å². The summed E-state index contributed by atoms with van der Waals surface area (Å²) < 4.78 is 0. The van der Waals surface area contributed by atoms with Gasteiger partial charge in [-0.05, 0) is 97.3 Å². The van der Waals surface area contributed by atoms with Crippen molar-refractivity contribution in [1.82, 2.24) is 0 Å². The Bertz CT molecular complexity index is 817. The smallest absolute Gasteiger partial charge is 0.0162 e. The van der Waals surface area contributed by atoms with Crippen LogP contribution < -0.4 is 0 Å². The number of benzene rings is 2. The summed E-state index contributed by atoms with van der Waals surface area (Å²) in [6.45, 7) is 4.56. The number of hydrogen-bond donors (Lipinski definition) is 0. The SMILES string of the molecule is CCCCCC1C=CC(C2CCC(c3ccc(-c4ccc(CCC)cc4)cc3)CC2)CC1. The molecule has 1 fully saturated rings. The van der Waals surface area contributed by atoms with Gasteiger partial charge in [0.2, 0.25) is 0 Å². The van der Waals surface area contributed by atoms with Gasteiger partial charge in [-0.3, -0.25) is 0 Å². The first-order valence-corrected chi connectivity index (χ1v) is 13.6. The van der Waals surface area contributed by atoms with E-state index in [9.17, 15) is 0 Å². The Morgan fingerprint density at radius 2 is 1.34 bits per heavy atom. The van der Waals surface area contributed by atoms with Crippen LogP contribution in [-0.4, -0.2) is 0 Å². The van der Waals surface area contributed by atoms with Gasteiger partial charge in [-0.1, -0.05) is 100 Å². The number of unbranched alkanes of at least 4 members (excludes halogenated alkanes) is 2. The normalized spacial score (nSPS) is 25.7. The van der Waals surface area contributed by atoms with Gasteiger partial charge in [-0.25, -0.2) is 0 Å². The van der Waals surface area contributed by atoms with Crippen molar-refractivity contribution in [2.24, 2.45) is 17.8 Å². The lowest BCUT2D eigenvalue weighted by Gasteiger charge is -2.35. The molecule has 0 saturated heterocycles. The third kappa shape index (κ3) is 6.15. The average Bonchev–Trinajstić information content (AvgIpc) is 2.86. The van der Waals surface area contributed by atoms with Crippen molar-refractivity contribution in [3.63, 3.8) is 0 Å². The van der Waals surface area contributed by atoms with Gasteiger partial charge in [0.05, 0.1) is 0 Å².